The van der Waals surface area contributed by atoms with Crippen molar-refractivity contribution in [1.82, 2.24) is 4.98 Å². The molecule has 0 aliphatic carbocycles. The Morgan fingerprint density at radius 2 is 1.67 bits per heavy atom. The Morgan fingerprint density at radius 3 is 2.30 bits per heavy atom. The van der Waals surface area contributed by atoms with Crippen molar-refractivity contribution in [2.24, 2.45) is 0 Å². The molecule has 2 N–H and O–H groups in total. The van der Waals surface area contributed by atoms with Gasteiger partial charge < -0.3 is 10.6 Å². The Labute approximate surface area is 156 Å². The number of nitrogens with zero attached hydrogens (tertiary/aromatic N) is 2. The number of aromatic nitrogens is 1. The summed E-state index contributed by atoms with van der Waals surface area (Å²) in [6.45, 7) is 1.52. The number of ketones is 1. The summed E-state index contributed by atoms with van der Waals surface area (Å²) in [4.78, 5) is 27.8. The van der Waals surface area contributed by atoms with E-state index in [1.165, 1.54) is 6.92 Å². The molecule has 6 nitrogen and oxygen atoms in total. The number of carbonyl (C=O) groups is 2. The summed E-state index contributed by atoms with van der Waals surface area (Å²) < 4.78 is 0. The largest absolute Gasteiger partial charge is 0.354 e. The molecule has 0 spiro atoms. The van der Waals surface area contributed by atoms with Gasteiger partial charge in [-0.3, -0.25) is 9.59 Å². The molecular weight excluding hydrogens is 340 g/mol. The zero-order valence-electron chi connectivity index (χ0n) is 14.6. The van der Waals surface area contributed by atoms with Gasteiger partial charge in [0.2, 0.25) is 0 Å². The predicted molar refractivity (Wildman–Crippen MR) is 103 cm³/mol. The lowest BCUT2D eigenvalue weighted by Gasteiger charge is -2.09. The molecule has 0 aliphatic rings. The van der Waals surface area contributed by atoms with Crippen molar-refractivity contribution >= 4 is 28.8 Å². The first-order valence-corrected chi connectivity index (χ1v) is 8.21. The minimum absolute atomic E-state index is 0.0107. The number of anilines is 3. The van der Waals surface area contributed by atoms with Gasteiger partial charge in [-0.05, 0) is 55.5 Å². The first-order chi connectivity index (χ1) is 13.1. The summed E-state index contributed by atoms with van der Waals surface area (Å²) in [6, 6.07) is 19.2. The first kappa shape index (κ1) is 17.8. The lowest BCUT2D eigenvalue weighted by atomic mass is 10.1. The molecule has 0 saturated carbocycles. The van der Waals surface area contributed by atoms with Crippen molar-refractivity contribution in [2.75, 3.05) is 10.6 Å². The molecule has 0 bridgehead atoms. The SMILES string of the molecule is CC(=O)c1ccc(Nc2ccc(C(=O)Nc3ccccc3C#N)nc2)cc1. The number of amides is 1. The minimum Gasteiger partial charge on any atom is -0.354 e. The molecule has 0 fully saturated rings. The van der Waals surface area contributed by atoms with Crippen LogP contribution in [0.5, 0.6) is 0 Å². The molecule has 0 unspecified atom stereocenters. The number of nitrogens with one attached hydrogen (secondary N) is 2. The fourth-order valence-electron chi connectivity index (χ4n) is 2.43. The third-order valence-electron chi connectivity index (χ3n) is 3.87. The number of para-hydroxylation sites is 1. The van der Waals surface area contributed by atoms with Gasteiger partial charge in [0.15, 0.2) is 5.78 Å². The van der Waals surface area contributed by atoms with Gasteiger partial charge >= 0.3 is 0 Å². The van der Waals surface area contributed by atoms with Crippen LogP contribution in [0.1, 0.15) is 33.3 Å². The smallest absolute Gasteiger partial charge is 0.274 e. The van der Waals surface area contributed by atoms with Crippen LogP contribution in [-0.4, -0.2) is 16.7 Å². The van der Waals surface area contributed by atoms with Crippen molar-refractivity contribution < 1.29 is 9.59 Å². The summed E-state index contributed by atoms with van der Waals surface area (Å²) in [7, 11) is 0. The topological polar surface area (TPSA) is 94.9 Å². The summed E-state index contributed by atoms with van der Waals surface area (Å²) in [5, 5.41) is 14.9. The summed E-state index contributed by atoms with van der Waals surface area (Å²) in [5.41, 5.74) is 3.22. The second kappa shape index (κ2) is 7.93. The summed E-state index contributed by atoms with van der Waals surface area (Å²) in [5.74, 6) is -0.383. The van der Waals surface area contributed by atoms with Gasteiger partial charge in [0.05, 0.1) is 23.1 Å². The Morgan fingerprint density at radius 1 is 0.963 bits per heavy atom. The number of carbonyl (C=O) groups excluding carboxylic acids is 2. The lowest BCUT2D eigenvalue weighted by Crippen LogP contribution is -2.14. The zero-order chi connectivity index (χ0) is 19.2. The molecule has 0 radical (unpaired) electrons. The van der Waals surface area contributed by atoms with Crippen molar-refractivity contribution in [3.8, 4) is 6.07 Å². The monoisotopic (exact) mass is 356 g/mol. The molecule has 132 valence electrons. The van der Waals surface area contributed by atoms with E-state index in [0.717, 1.165) is 5.69 Å². The normalized spacial score (nSPS) is 9.93. The maximum atomic E-state index is 12.3. The number of benzene rings is 2. The number of pyridine rings is 1. The van der Waals surface area contributed by atoms with Crippen LogP contribution in [-0.2, 0) is 0 Å². The van der Waals surface area contributed by atoms with Gasteiger partial charge in [-0.1, -0.05) is 12.1 Å². The highest BCUT2D eigenvalue weighted by atomic mass is 16.2. The number of nitriles is 1. The highest BCUT2D eigenvalue weighted by molar-refractivity contribution is 6.03. The second-order valence-corrected chi connectivity index (χ2v) is 5.80. The molecule has 3 rings (SSSR count). The minimum atomic E-state index is -0.393. The van der Waals surface area contributed by atoms with Gasteiger partial charge in [0.25, 0.3) is 5.91 Å². The Hall–Kier alpha value is -3.98. The quantitative estimate of drug-likeness (QED) is 0.670. The van der Waals surface area contributed by atoms with E-state index in [4.69, 9.17) is 5.26 Å². The van der Waals surface area contributed by atoms with E-state index in [2.05, 4.69) is 15.6 Å². The fraction of sp³-hybridized carbons (Fsp3) is 0.0476. The third kappa shape index (κ3) is 4.35. The highest BCUT2D eigenvalue weighted by Crippen LogP contribution is 2.18. The lowest BCUT2D eigenvalue weighted by molar-refractivity contribution is 0.101. The van der Waals surface area contributed by atoms with Crippen LogP contribution in [0, 0.1) is 11.3 Å². The number of rotatable bonds is 5. The molecule has 0 atom stereocenters. The Bertz CT molecular complexity index is 1020. The van der Waals surface area contributed by atoms with Crippen LogP contribution >= 0.6 is 0 Å². The molecule has 0 aliphatic heterocycles. The van der Waals surface area contributed by atoms with Crippen LogP contribution in [0.4, 0.5) is 17.1 Å². The van der Waals surface area contributed by atoms with Crippen LogP contribution in [0.25, 0.3) is 0 Å². The summed E-state index contributed by atoms with van der Waals surface area (Å²) >= 11 is 0. The average Bonchev–Trinajstić information content (AvgIpc) is 2.69. The molecule has 0 saturated heterocycles. The van der Waals surface area contributed by atoms with E-state index in [0.29, 0.717) is 22.5 Å². The molecule has 27 heavy (non-hydrogen) atoms. The number of hydrogen-bond donors (Lipinski definition) is 2. The molecule has 1 amide bonds. The first-order valence-electron chi connectivity index (χ1n) is 8.21. The Kier molecular flexibility index (Phi) is 5.24. The Balaban J connectivity index is 1.68. The van der Waals surface area contributed by atoms with E-state index in [9.17, 15) is 9.59 Å². The maximum absolute atomic E-state index is 12.3. The van der Waals surface area contributed by atoms with Crippen LogP contribution in [0.2, 0.25) is 0 Å². The average molecular weight is 356 g/mol. The van der Waals surface area contributed by atoms with Crippen molar-refractivity contribution in [2.45, 2.75) is 6.92 Å². The van der Waals surface area contributed by atoms with E-state index in [-0.39, 0.29) is 11.5 Å². The zero-order valence-corrected chi connectivity index (χ0v) is 14.6. The van der Waals surface area contributed by atoms with Gasteiger partial charge in [0, 0.05) is 11.3 Å². The standard InChI is InChI=1S/C21H16N4O2/c1-14(26)15-6-8-17(9-7-15)24-18-10-11-20(23-13-18)21(27)25-19-5-3-2-4-16(19)12-22/h2-11,13,24H,1H3,(H,25,27). The number of Topliss-reactive ketones (excluding diaryl/α,β-unsaturated/α-hetero) is 1. The van der Waals surface area contributed by atoms with Crippen LogP contribution in [0.3, 0.4) is 0 Å². The van der Waals surface area contributed by atoms with Crippen molar-refractivity contribution in [1.29, 1.82) is 5.26 Å². The molecule has 2 aromatic carbocycles. The maximum Gasteiger partial charge on any atom is 0.274 e. The number of hydrogen-bond acceptors (Lipinski definition) is 5. The van der Waals surface area contributed by atoms with Crippen LogP contribution in [0.15, 0.2) is 66.9 Å². The van der Waals surface area contributed by atoms with Gasteiger partial charge in [-0.25, -0.2) is 4.98 Å². The predicted octanol–water partition coefficient (Wildman–Crippen LogP) is 4.15. The molecular formula is C21H16N4O2. The highest BCUT2D eigenvalue weighted by Gasteiger charge is 2.10. The van der Waals surface area contributed by atoms with E-state index in [1.807, 2.05) is 6.07 Å². The van der Waals surface area contributed by atoms with Crippen LogP contribution < -0.4 is 10.6 Å². The molecule has 6 heteroatoms. The van der Waals surface area contributed by atoms with E-state index < -0.39 is 5.91 Å². The summed E-state index contributed by atoms with van der Waals surface area (Å²) in [6.07, 6.45) is 1.55. The van der Waals surface area contributed by atoms with Gasteiger partial charge in [0.1, 0.15) is 11.8 Å². The van der Waals surface area contributed by atoms with Gasteiger partial charge in [-0.2, -0.15) is 5.26 Å². The molecule has 3 aromatic rings. The van der Waals surface area contributed by atoms with Gasteiger partial charge in [-0.15, -0.1) is 0 Å². The molecule has 1 heterocycles. The molecule has 1 aromatic heterocycles. The van der Waals surface area contributed by atoms with Crippen molar-refractivity contribution in [3.63, 3.8) is 0 Å². The third-order valence-corrected chi connectivity index (χ3v) is 3.87. The van der Waals surface area contributed by atoms with E-state index in [1.54, 1.807) is 66.9 Å². The fourth-order valence-corrected chi connectivity index (χ4v) is 2.43. The van der Waals surface area contributed by atoms with Crippen molar-refractivity contribution in [3.05, 3.63) is 83.7 Å². The van der Waals surface area contributed by atoms with E-state index >= 15 is 0 Å². The second-order valence-electron chi connectivity index (χ2n) is 5.80.